The lowest BCUT2D eigenvalue weighted by molar-refractivity contribution is 0.0505. The molecule has 0 radical (unpaired) electrons. The molecule has 0 unspecified atom stereocenters. The second-order valence-corrected chi connectivity index (χ2v) is 3.56. The molecule has 70 valence electrons. The first kappa shape index (κ1) is 10.3. The number of hydrogen-bond donors (Lipinski definition) is 0. The standard InChI is InChI=1S/C10H11BrO2/c1-2-6-13-10(12)8-4-3-5-9(11)7-8/h3-5,7H,2,6H2,1H3. The molecule has 0 N–H and O–H groups in total. The van der Waals surface area contributed by atoms with E-state index in [0.717, 1.165) is 10.9 Å². The Labute approximate surface area is 86.0 Å². The molecule has 0 aliphatic heterocycles. The van der Waals surface area contributed by atoms with Gasteiger partial charge in [0, 0.05) is 4.47 Å². The number of rotatable bonds is 3. The lowest BCUT2D eigenvalue weighted by Gasteiger charge is -2.02. The Morgan fingerprint density at radius 2 is 2.31 bits per heavy atom. The van der Waals surface area contributed by atoms with Gasteiger partial charge in [0.15, 0.2) is 0 Å². The quantitative estimate of drug-likeness (QED) is 0.762. The van der Waals surface area contributed by atoms with Gasteiger partial charge in [-0.2, -0.15) is 0 Å². The summed E-state index contributed by atoms with van der Waals surface area (Å²) in [5.74, 6) is -0.261. The fraction of sp³-hybridized carbons (Fsp3) is 0.300. The summed E-state index contributed by atoms with van der Waals surface area (Å²) in [5.41, 5.74) is 0.586. The van der Waals surface area contributed by atoms with E-state index in [0.29, 0.717) is 12.2 Å². The van der Waals surface area contributed by atoms with Crippen LogP contribution in [-0.2, 0) is 4.74 Å². The summed E-state index contributed by atoms with van der Waals surface area (Å²) in [5, 5.41) is 0. The van der Waals surface area contributed by atoms with Gasteiger partial charge in [-0.15, -0.1) is 0 Å². The van der Waals surface area contributed by atoms with Gasteiger partial charge in [0.1, 0.15) is 0 Å². The van der Waals surface area contributed by atoms with Crippen LogP contribution in [0.25, 0.3) is 0 Å². The number of halogens is 1. The highest BCUT2D eigenvalue weighted by Crippen LogP contribution is 2.12. The molecular formula is C10H11BrO2. The van der Waals surface area contributed by atoms with Gasteiger partial charge in [-0.3, -0.25) is 0 Å². The van der Waals surface area contributed by atoms with E-state index in [1.807, 2.05) is 19.1 Å². The Hall–Kier alpha value is -0.830. The largest absolute Gasteiger partial charge is 0.462 e. The maximum atomic E-state index is 11.3. The highest BCUT2D eigenvalue weighted by molar-refractivity contribution is 9.10. The molecule has 0 aromatic heterocycles. The third-order valence-electron chi connectivity index (χ3n) is 1.50. The summed E-state index contributed by atoms with van der Waals surface area (Å²) in [6, 6.07) is 7.17. The lowest BCUT2D eigenvalue weighted by Crippen LogP contribution is -2.05. The SMILES string of the molecule is CCCOC(=O)c1cccc(Br)c1. The van der Waals surface area contributed by atoms with Gasteiger partial charge in [0.25, 0.3) is 0 Å². The maximum absolute atomic E-state index is 11.3. The molecule has 0 saturated carbocycles. The van der Waals surface area contributed by atoms with Gasteiger partial charge in [-0.05, 0) is 24.6 Å². The minimum Gasteiger partial charge on any atom is -0.462 e. The number of benzene rings is 1. The number of carbonyl (C=O) groups is 1. The van der Waals surface area contributed by atoms with E-state index in [-0.39, 0.29) is 5.97 Å². The van der Waals surface area contributed by atoms with E-state index in [2.05, 4.69) is 15.9 Å². The number of carbonyl (C=O) groups excluding carboxylic acids is 1. The molecule has 0 spiro atoms. The molecule has 0 atom stereocenters. The van der Waals surface area contributed by atoms with Crippen molar-refractivity contribution in [2.24, 2.45) is 0 Å². The van der Waals surface area contributed by atoms with Gasteiger partial charge in [0.2, 0.25) is 0 Å². The normalized spacial score (nSPS) is 9.69. The zero-order valence-corrected chi connectivity index (χ0v) is 9.00. The van der Waals surface area contributed by atoms with Crippen molar-refractivity contribution in [1.29, 1.82) is 0 Å². The highest BCUT2D eigenvalue weighted by Gasteiger charge is 2.05. The predicted molar refractivity (Wildman–Crippen MR) is 54.7 cm³/mol. The summed E-state index contributed by atoms with van der Waals surface area (Å²) < 4.78 is 5.86. The smallest absolute Gasteiger partial charge is 0.338 e. The topological polar surface area (TPSA) is 26.3 Å². The van der Waals surface area contributed by atoms with Gasteiger partial charge in [-0.1, -0.05) is 28.9 Å². The molecule has 1 rings (SSSR count). The molecule has 0 heterocycles. The highest BCUT2D eigenvalue weighted by atomic mass is 79.9. The Bertz CT molecular complexity index is 297. The number of hydrogen-bond acceptors (Lipinski definition) is 2. The average Bonchev–Trinajstić information content (AvgIpc) is 2.14. The molecular weight excluding hydrogens is 232 g/mol. The number of esters is 1. The molecule has 3 heteroatoms. The average molecular weight is 243 g/mol. The summed E-state index contributed by atoms with van der Waals surface area (Å²) >= 11 is 3.29. The maximum Gasteiger partial charge on any atom is 0.338 e. The molecule has 0 aliphatic carbocycles. The van der Waals surface area contributed by atoms with Crippen LogP contribution >= 0.6 is 15.9 Å². The summed E-state index contributed by atoms with van der Waals surface area (Å²) in [6.07, 6.45) is 0.847. The minimum absolute atomic E-state index is 0.261. The van der Waals surface area contributed by atoms with Crippen LogP contribution in [0.3, 0.4) is 0 Å². The van der Waals surface area contributed by atoms with Crippen LogP contribution in [0.15, 0.2) is 28.7 Å². The second kappa shape index (κ2) is 5.02. The van der Waals surface area contributed by atoms with Crippen molar-refractivity contribution in [2.75, 3.05) is 6.61 Å². The van der Waals surface area contributed by atoms with Crippen molar-refractivity contribution in [2.45, 2.75) is 13.3 Å². The number of ether oxygens (including phenoxy) is 1. The molecule has 0 amide bonds. The third-order valence-corrected chi connectivity index (χ3v) is 1.99. The van der Waals surface area contributed by atoms with Crippen LogP contribution in [-0.4, -0.2) is 12.6 Å². The molecule has 0 bridgehead atoms. The lowest BCUT2D eigenvalue weighted by atomic mass is 10.2. The van der Waals surface area contributed by atoms with Crippen molar-refractivity contribution >= 4 is 21.9 Å². The second-order valence-electron chi connectivity index (χ2n) is 2.65. The molecule has 1 aromatic rings. The summed E-state index contributed by atoms with van der Waals surface area (Å²) in [4.78, 5) is 11.3. The van der Waals surface area contributed by atoms with Crippen LogP contribution in [0.4, 0.5) is 0 Å². The van der Waals surface area contributed by atoms with Crippen LogP contribution in [0, 0.1) is 0 Å². The molecule has 0 fully saturated rings. The fourth-order valence-corrected chi connectivity index (χ4v) is 1.29. The first-order valence-electron chi connectivity index (χ1n) is 4.16. The molecule has 1 aromatic carbocycles. The fourth-order valence-electron chi connectivity index (χ4n) is 0.894. The van der Waals surface area contributed by atoms with Crippen LogP contribution in [0.2, 0.25) is 0 Å². The van der Waals surface area contributed by atoms with E-state index < -0.39 is 0 Å². The minimum atomic E-state index is -0.261. The van der Waals surface area contributed by atoms with Crippen molar-refractivity contribution in [1.82, 2.24) is 0 Å². The van der Waals surface area contributed by atoms with Crippen LogP contribution in [0.1, 0.15) is 23.7 Å². The Morgan fingerprint density at radius 3 is 2.92 bits per heavy atom. The summed E-state index contributed by atoms with van der Waals surface area (Å²) in [7, 11) is 0. The van der Waals surface area contributed by atoms with Crippen LogP contribution < -0.4 is 0 Å². The van der Waals surface area contributed by atoms with Crippen molar-refractivity contribution in [3.8, 4) is 0 Å². The summed E-state index contributed by atoms with van der Waals surface area (Å²) in [6.45, 7) is 2.44. The zero-order chi connectivity index (χ0) is 9.68. The van der Waals surface area contributed by atoms with E-state index in [1.165, 1.54) is 0 Å². The van der Waals surface area contributed by atoms with Gasteiger partial charge < -0.3 is 4.74 Å². The Balaban J connectivity index is 2.66. The van der Waals surface area contributed by atoms with E-state index in [9.17, 15) is 4.79 Å². The molecule has 13 heavy (non-hydrogen) atoms. The van der Waals surface area contributed by atoms with E-state index >= 15 is 0 Å². The Morgan fingerprint density at radius 1 is 1.54 bits per heavy atom. The zero-order valence-electron chi connectivity index (χ0n) is 7.42. The van der Waals surface area contributed by atoms with Gasteiger partial charge in [0.05, 0.1) is 12.2 Å². The van der Waals surface area contributed by atoms with E-state index in [4.69, 9.17) is 4.74 Å². The van der Waals surface area contributed by atoms with Gasteiger partial charge in [-0.25, -0.2) is 4.79 Å². The third kappa shape index (κ3) is 3.19. The Kier molecular flexibility index (Phi) is 3.96. The first-order valence-corrected chi connectivity index (χ1v) is 4.96. The van der Waals surface area contributed by atoms with Gasteiger partial charge >= 0.3 is 5.97 Å². The molecule has 0 aliphatic rings. The predicted octanol–water partition coefficient (Wildman–Crippen LogP) is 3.02. The van der Waals surface area contributed by atoms with Crippen LogP contribution in [0.5, 0.6) is 0 Å². The molecule has 0 saturated heterocycles. The van der Waals surface area contributed by atoms with Crippen molar-refractivity contribution < 1.29 is 9.53 Å². The van der Waals surface area contributed by atoms with E-state index in [1.54, 1.807) is 12.1 Å². The molecule has 2 nitrogen and oxygen atoms in total. The monoisotopic (exact) mass is 242 g/mol. The van der Waals surface area contributed by atoms with Crippen molar-refractivity contribution in [3.63, 3.8) is 0 Å². The van der Waals surface area contributed by atoms with Crippen molar-refractivity contribution in [3.05, 3.63) is 34.3 Å². The first-order chi connectivity index (χ1) is 6.24.